The lowest BCUT2D eigenvalue weighted by molar-refractivity contribution is -0.155. The normalized spacial score (nSPS) is 10.8. The van der Waals surface area contributed by atoms with Crippen LogP contribution in [0.1, 0.15) is 46.0 Å². The van der Waals surface area contributed by atoms with Crippen molar-refractivity contribution in [3.8, 4) is 0 Å². The molecule has 0 aromatic heterocycles. The van der Waals surface area contributed by atoms with Crippen LogP contribution < -0.4 is 0 Å². The first-order valence-corrected chi connectivity index (χ1v) is 5.60. The highest BCUT2D eigenvalue weighted by atomic mass is 16.6. The molecule has 2 nitrogen and oxygen atoms in total. The van der Waals surface area contributed by atoms with Gasteiger partial charge in [-0.1, -0.05) is 39.3 Å². The van der Waals surface area contributed by atoms with Gasteiger partial charge in [0.15, 0.2) is 0 Å². The van der Waals surface area contributed by atoms with E-state index in [0.717, 1.165) is 25.7 Å². The van der Waals surface area contributed by atoms with Crippen LogP contribution in [0.5, 0.6) is 0 Å². The summed E-state index contributed by atoms with van der Waals surface area (Å²) < 4.78 is 5.48. The smallest absolute Gasteiger partial charge is 0.330 e. The monoisotopic (exact) mass is 210 g/mol. The minimum absolute atomic E-state index is 0.334. The fourth-order valence-electron chi connectivity index (χ4n) is 1.90. The zero-order chi connectivity index (χ0) is 11.7. The third-order valence-electron chi connectivity index (χ3n) is 2.41. The van der Waals surface area contributed by atoms with Gasteiger partial charge in [0.2, 0.25) is 0 Å². The fourth-order valence-corrected chi connectivity index (χ4v) is 1.90. The molecule has 0 aromatic rings. The first-order valence-electron chi connectivity index (χ1n) is 5.60. The largest absolute Gasteiger partial charge is 0.456 e. The Bertz CT molecular complexity index is 213. The van der Waals surface area contributed by atoms with Crippen LogP contribution in [0.15, 0.2) is 25.3 Å². The number of ether oxygens (including phenoxy) is 1. The minimum Gasteiger partial charge on any atom is -0.456 e. The predicted octanol–water partition coefficient (Wildman–Crippen LogP) is 3.63. The van der Waals surface area contributed by atoms with Gasteiger partial charge in [0.1, 0.15) is 5.60 Å². The topological polar surface area (TPSA) is 26.3 Å². The molecule has 15 heavy (non-hydrogen) atoms. The van der Waals surface area contributed by atoms with Crippen molar-refractivity contribution in [3.05, 3.63) is 25.3 Å². The standard InChI is InChI=1S/C13H22O2/c1-5-9-13(10-6-2,11-7-3)15-12(14)8-4/h5,8H,1,4,6-7,9-11H2,2-3H3. The Hall–Kier alpha value is -1.05. The molecule has 0 saturated carbocycles. The molecule has 0 aliphatic heterocycles. The second kappa shape index (κ2) is 7.27. The van der Waals surface area contributed by atoms with E-state index < -0.39 is 0 Å². The summed E-state index contributed by atoms with van der Waals surface area (Å²) in [6, 6.07) is 0. The summed E-state index contributed by atoms with van der Waals surface area (Å²) in [5.41, 5.74) is -0.365. The molecule has 0 saturated heterocycles. The van der Waals surface area contributed by atoms with Gasteiger partial charge < -0.3 is 4.74 Å². The minimum atomic E-state index is -0.365. The van der Waals surface area contributed by atoms with Crippen LogP contribution >= 0.6 is 0 Å². The maximum absolute atomic E-state index is 11.3. The van der Waals surface area contributed by atoms with Gasteiger partial charge in [0.25, 0.3) is 0 Å². The van der Waals surface area contributed by atoms with Crippen LogP contribution in [0.25, 0.3) is 0 Å². The van der Waals surface area contributed by atoms with Crippen molar-refractivity contribution in [2.45, 2.75) is 51.6 Å². The predicted molar refractivity (Wildman–Crippen MR) is 63.7 cm³/mol. The van der Waals surface area contributed by atoms with Crippen LogP contribution in [-0.4, -0.2) is 11.6 Å². The van der Waals surface area contributed by atoms with Crippen molar-refractivity contribution < 1.29 is 9.53 Å². The van der Waals surface area contributed by atoms with Crippen molar-refractivity contribution in [1.82, 2.24) is 0 Å². The highest BCUT2D eigenvalue weighted by Gasteiger charge is 2.30. The summed E-state index contributed by atoms with van der Waals surface area (Å²) in [5, 5.41) is 0. The molecule has 0 unspecified atom stereocenters. The van der Waals surface area contributed by atoms with Crippen molar-refractivity contribution in [1.29, 1.82) is 0 Å². The summed E-state index contributed by atoms with van der Waals surface area (Å²) in [7, 11) is 0. The Morgan fingerprint density at radius 3 is 2.13 bits per heavy atom. The maximum Gasteiger partial charge on any atom is 0.330 e. The van der Waals surface area contributed by atoms with Crippen LogP contribution in [0, 0.1) is 0 Å². The molecule has 86 valence electrons. The van der Waals surface area contributed by atoms with E-state index in [9.17, 15) is 4.79 Å². The Kier molecular flexibility index (Phi) is 6.76. The average Bonchev–Trinajstić information content (AvgIpc) is 2.18. The first-order chi connectivity index (χ1) is 7.14. The van der Waals surface area contributed by atoms with E-state index in [1.165, 1.54) is 6.08 Å². The van der Waals surface area contributed by atoms with Gasteiger partial charge in [-0.25, -0.2) is 4.79 Å². The Balaban J connectivity index is 4.65. The number of esters is 1. The molecule has 0 fully saturated rings. The highest BCUT2D eigenvalue weighted by molar-refractivity contribution is 5.81. The highest BCUT2D eigenvalue weighted by Crippen LogP contribution is 2.29. The van der Waals surface area contributed by atoms with E-state index >= 15 is 0 Å². The molecule has 0 amide bonds. The Morgan fingerprint density at radius 2 is 1.80 bits per heavy atom. The molecule has 0 bridgehead atoms. The number of hydrogen-bond acceptors (Lipinski definition) is 2. The summed E-state index contributed by atoms with van der Waals surface area (Å²) >= 11 is 0. The molecule has 0 aliphatic rings. The molecule has 0 rings (SSSR count). The zero-order valence-electron chi connectivity index (χ0n) is 9.92. The van der Waals surface area contributed by atoms with E-state index in [-0.39, 0.29) is 11.6 Å². The summed E-state index contributed by atoms with van der Waals surface area (Å²) in [5.74, 6) is -0.334. The molecule has 0 N–H and O–H groups in total. The van der Waals surface area contributed by atoms with Gasteiger partial charge in [0, 0.05) is 12.5 Å². The molecule has 2 heteroatoms. The van der Waals surface area contributed by atoms with Crippen molar-refractivity contribution in [2.75, 3.05) is 0 Å². The number of carbonyl (C=O) groups is 1. The zero-order valence-corrected chi connectivity index (χ0v) is 9.92. The van der Waals surface area contributed by atoms with E-state index in [1.807, 2.05) is 6.08 Å². The van der Waals surface area contributed by atoms with E-state index in [0.29, 0.717) is 6.42 Å². The number of carbonyl (C=O) groups excluding carboxylic acids is 1. The lowest BCUT2D eigenvalue weighted by atomic mass is 9.89. The Morgan fingerprint density at radius 1 is 1.27 bits per heavy atom. The van der Waals surface area contributed by atoms with Gasteiger partial charge >= 0.3 is 5.97 Å². The van der Waals surface area contributed by atoms with E-state index in [1.54, 1.807) is 0 Å². The molecule has 0 heterocycles. The van der Waals surface area contributed by atoms with Gasteiger partial charge in [-0.15, -0.1) is 6.58 Å². The fraction of sp³-hybridized carbons (Fsp3) is 0.615. The summed E-state index contributed by atoms with van der Waals surface area (Å²) in [4.78, 5) is 11.3. The quantitative estimate of drug-likeness (QED) is 0.347. The molecule has 0 aliphatic carbocycles. The third-order valence-corrected chi connectivity index (χ3v) is 2.41. The van der Waals surface area contributed by atoms with E-state index in [2.05, 4.69) is 27.0 Å². The molecular weight excluding hydrogens is 188 g/mol. The molecule has 0 radical (unpaired) electrons. The number of rotatable bonds is 8. The van der Waals surface area contributed by atoms with Gasteiger partial charge in [-0.2, -0.15) is 0 Å². The van der Waals surface area contributed by atoms with Gasteiger partial charge in [-0.05, 0) is 12.8 Å². The second-order valence-corrected chi connectivity index (χ2v) is 3.80. The van der Waals surface area contributed by atoms with Gasteiger partial charge in [-0.3, -0.25) is 0 Å². The molecule has 0 atom stereocenters. The Labute approximate surface area is 93.0 Å². The van der Waals surface area contributed by atoms with Crippen molar-refractivity contribution >= 4 is 5.97 Å². The lowest BCUT2D eigenvalue weighted by Crippen LogP contribution is -2.34. The SMILES string of the molecule is C=CCC(CCC)(CCC)OC(=O)C=C. The van der Waals surface area contributed by atoms with E-state index in [4.69, 9.17) is 4.74 Å². The second-order valence-electron chi connectivity index (χ2n) is 3.80. The summed E-state index contributed by atoms with van der Waals surface area (Å²) in [6.45, 7) is 11.3. The maximum atomic E-state index is 11.3. The van der Waals surface area contributed by atoms with Crippen molar-refractivity contribution in [3.63, 3.8) is 0 Å². The number of hydrogen-bond donors (Lipinski definition) is 0. The summed E-state index contributed by atoms with van der Waals surface area (Å²) in [6.07, 6.45) is 7.52. The molecule has 0 spiro atoms. The average molecular weight is 210 g/mol. The lowest BCUT2D eigenvalue weighted by Gasteiger charge is -2.32. The van der Waals surface area contributed by atoms with Crippen molar-refractivity contribution in [2.24, 2.45) is 0 Å². The third kappa shape index (κ3) is 4.82. The first kappa shape index (κ1) is 13.9. The van der Waals surface area contributed by atoms with Crippen LogP contribution in [0.4, 0.5) is 0 Å². The van der Waals surface area contributed by atoms with Crippen LogP contribution in [0.2, 0.25) is 0 Å². The van der Waals surface area contributed by atoms with Crippen LogP contribution in [-0.2, 0) is 9.53 Å². The van der Waals surface area contributed by atoms with Gasteiger partial charge in [0.05, 0.1) is 0 Å². The molecule has 0 aromatic carbocycles. The van der Waals surface area contributed by atoms with Crippen LogP contribution in [0.3, 0.4) is 0 Å². The molecular formula is C13H22O2.